The molecule has 0 saturated carbocycles. The lowest BCUT2D eigenvalue weighted by molar-refractivity contribution is 0.435. The molecular formula is C13H11F3N2. The van der Waals surface area contributed by atoms with E-state index >= 15 is 0 Å². The maximum atomic E-state index is 13.5. The number of halogens is 3. The highest BCUT2D eigenvalue weighted by Crippen LogP contribution is 2.22. The van der Waals surface area contributed by atoms with Crippen LogP contribution in [-0.2, 0) is 6.42 Å². The standard InChI is InChI=1S/C13H11F3N2/c14-10-5-4-9(12(15)13(10)16)11(17)7-8-3-1-2-6-18-8/h1-6,11H,7,17H2. The van der Waals surface area contributed by atoms with Crippen molar-refractivity contribution >= 4 is 0 Å². The van der Waals surface area contributed by atoms with Crippen LogP contribution in [0, 0.1) is 17.5 Å². The molecule has 0 bridgehead atoms. The van der Waals surface area contributed by atoms with E-state index in [1.165, 1.54) is 0 Å². The molecule has 2 rings (SSSR count). The van der Waals surface area contributed by atoms with E-state index in [4.69, 9.17) is 5.73 Å². The summed E-state index contributed by atoms with van der Waals surface area (Å²) in [5.74, 6) is -3.95. The van der Waals surface area contributed by atoms with Crippen LogP contribution in [0.3, 0.4) is 0 Å². The molecule has 1 aromatic carbocycles. The molecular weight excluding hydrogens is 241 g/mol. The van der Waals surface area contributed by atoms with Gasteiger partial charge in [-0.2, -0.15) is 0 Å². The molecule has 0 radical (unpaired) electrons. The molecule has 2 N–H and O–H groups in total. The highest BCUT2D eigenvalue weighted by atomic mass is 19.2. The van der Waals surface area contributed by atoms with E-state index in [1.807, 2.05) is 0 Å². The number of nitrogens with zero attached hydrogens (tertiary/aromatic N) is 1. The monoisotopic (exact) mass is 252 g/mol. The number of rotatable bonds is 3. The lowest BCUT2D eigenvalue weighted by atomic mass is 10.0. The van der Waals surface area contributed by atoms with Crippen LogP contribution in [0.2, 0.25) is 0 Å². The number of pyridine rings is 1. The second-order valence-electron chi connectivity index (χ2n) is 3.90. The third-order valence-electron chi connectivity index (χ3n) is 2.62. The van der Waals surface area contributed by atoms with E-state index in [0.29, 0.717) is 5.69 Å². The zero-order valence-electron chi connectivity index (χ0n) is 9.41. The fourth-order valence-corrected chi connectivity index (χ4v) is 1.68. The van der Waals surface area contributed by atoms with Gasteiger partial charge in [0.1, 0.15) is 0 Å². The molecule has 2 aromatic rings. The van der Waals surface area contributed by atoms with E-state index in [0.717, 1.165) is 12.1 Å². The molecule has 1 atom stereocenters. The molecule has 0 aliphatic heterocycles. The van der Waals surface area contributed by atoms with Crippen molar-refractivity contribution in [2.24, 2.45) is 5.73 Å². The smallest absolute Gasteiger partial charge is 0.194 e. The number of aromatic nitrogens is 1. The van der Waals surface area contributed by atoms with Crippen molar-refractivity contribution < 1.29 is 13.2 Å². The van der Waals surface area contributed by atoms with Crippen LogP contribution in [-0.4, -0.2) is 4.98 Å². The van der Waals surface area contributed by atoms with Crippen LogP contribution < -0.4 is 5.73 Å². The summed E-state index contributed by atoms with van der Waals surface area (Å²) >= 11 is 0. The van der Waals surface area contributed by atoms with Crippen LogP contribution in [0.15, 0.2) is 36.5 Å². The van der Waals surface area contributed by atoms with Crippen LogP contribution in [0.1, 0.15) is 17.3 Å². The Morgan fingerprint density at radius 3 is 2.50 bits per heavy atom. The van der Waals surface area contributed by atoms with Gasteiger partial charge in [0.25, 0.3) is 0 Å². The summed E-state index contributed by atoms with van der Waals surface area (Å²) < 4.78 is 39.4. The molecule has 1 unspecified atom stereocenters. The number of nitrogens with two attached hydrogens (primary N) is 1. The summed E-state index contributed by atoms with van der Waals surface area (Å²) in [6, 6.07) is 6.50. The summed E-state index contributed by atoms with van der Waals surface area (Å²) in [6.45, 7) is 0. The maximum absolute atomic E-state index is 13.5. The lowest BCUT2D eigenvalue weighted by Gasteiger charge is -2.13. The molecule has 1 heterocycles. The SMILES string of the molecule is NC(Cc1ccccn1)c1ccc(F)c(F)c1F. The summed E-state index contributed by atoms with van der Waals surface area (Å²) in [5.41, 5.74) is 6.38. The van der Waals surface area contributed by atoms with Crippen molar-refractivity contribution in [3.8, 4) is 0 Å². The fourth-order valence-electron chi connectivity index (χ4n) is 1.68. The molecule has 0 saturated heterocycles. The Morgan fingerprint density at radius 2 is 1.83 bits per heavy atom. The van der Waals surface area contributed by atoms with Crippen molar-refractivity contribution in [3.05, 3.63) is 65.2 Å². The molecule has 5 heteroatoms. The van der Waals surface area contributed by atoms with Gasteiger partial charge in [0.15, 0.2) is 17.5 Å². The minimum Gasteiger partial charge on any atom is -0.324 e. The zero-order chi connectivity index (χ0) is 13.1. The van der Waals surface area contributed by atoms with Gasteiger partial charge in [0, 0.05) is 29.9 Å². The van der Waals surface area contributed by atoms with E-state index in [2.05, 4.69) is 4.98 Å². The number of hydrogen-bond donors (Lipinski definition) is 1. The average Bonchev–Trinajstić information content (AvgIpc) is 2.37. The molecule has 2 nitrogen and oxygen atoms in total. The maximum Gasteiger partial charge on any atom is 0.194 e. The zero-order valence-corrected chi connectivity index (χ0v) is 9.41. The Hall–Kier alpha value is -1.88. The van der Waals surface area contributed by atoms with Gasteiger partial charge in [-0.25, -0.2) is 13.2 Å². The Balaban J connectivity index is 2.24. The number of benzene rings is 1. The number of hydrogen-bond acceptors (Lipinski definition) is 2. The topological polar surface area (TPSA) is 38.9 Å². The highest BCUT2D eigenvalue weighted by molar-refractivity contribution is 5.24. The van der Waals surface area contributed by atoms with Crippen molar-refractivity contribution in [2.45, 2.75) is 12.5 Å². The Labute approximate surface area is 102 Å². The molecule has 0 fully saturated rings. The second kappa shape index (κ2) is 5.18. The predicted octanol–water partition coefficient (Wildman–Crippen LogP) is 2.74. The summed E-state index contributed by atoms with van der Waals surface area (Å²) in [7, 11) is 0. The Kier molecular flexibility index (Phi) is 3.62. The predicted molar refractivity (Wildman–Crippen MR) is 61.2 cm³/mol. The average molecular weight is 252 g/mol. The molecule has 0 spiro atoms. The molecule has 0 aliphatic rings. The first-order chi connectivity index (χ1) is 8.59. The van der Waals surface area contributed by atoms with E-state index in [9.17, 15) is 13.2 Å². The lowest BCUT2D eigenvalue weighted by Crippen LogP contribution is -2.16. The molecule has 18 heavy (non-hydrogen) atoms. The third kappa shape index (κ3) is 2.51. The largest absolute Gasteiger partial charge is 0.324 e. The first kappa shape index (κ1) is 12.6. The van der Waals surface area contributed by atoms with Gasteiger partial charge in [0.05, 0.1) is 0 Å². The van der Waals surface area contributed by atoms with E-state index in [-0.39, 0.29) is 12.0 Å². The van der Waals surface area contributed by atoms with Crippen LogP contribution >= 0.6 is 0 Å². The first-order valence-electron chi connectivity index (χ1n) is 5.38. The van der Waals surface area contributed by atoms with E-state index in [1.54, 1.807) is 24.4 Å². The van der Waals surface area contributed by atoms with E-state index < -0.39 is 23.5 Å². The minimum atomic E-state index is -1.50. The van der Waals surface area contributed by atoms with Gasteiger partial charge >= 0.3 is 0 Å². The van der Waals surface area contributed by atoms with Crippen molar-refractivity contribution in [1.82, 2.24) is 4.98 Å². The van der Waals surface area contributed by atoms with Crippen molar-refractivity contribution in [3.63, 3.8) is 0 Å². The summed E-state index contributed by atoms with van der Waals surface area (Å²) in [5, 5.41) is 0. The summed E-state index contributed by atoms with van der Waals surface area (Å²) in [6.07, 6.45) is 1.84. The second-order valence-corrected chi connectivity index (χ2v) is 3.90. The molecule has 1 aromatic heterocycles. The van der Waals surface area contributed by atoms with Gasteiger partial charge in [-0.05, 0) is 18.2 Å². The van der Waals surface area contributed by atoms with Crippen LogP contribution in [0.25, 0.3) is 0 Å². The van der Waals surface area contributed by atoms with Crippen molar-refractivity contribution in [2.75, 3.05) is 0 Å². The fraction of sp³-hybridized carbons (Fsp3) is 0.154. The van der Waals surface area contributed by atoms with Gasteiger partial charge in [-0.1, -0.05) is 12.1 Å². The van der Waals surface area contributed by atoms with Crippen molar-refractivity contribution in [1.29, 1.82) is 0 Å². The Morgan fingerprint density at radius 1 is 1.06 bits per heavy atom. The minimum absolute atomic E-state index is 0.0560. The molecule has 0 aliphatic carbocycles. The van der Waals surface area contributed by atoms with Gasteiger partial charge < -0.3 is 5.73 Å². The quantitative estimate of drug-likeness (QED) is 0.853. The van der Waals surface area contributed by atoms with Gasteiger partial charge in [0.2, 0.25) is 0 Å². The summed E-state index contributed by atoms with van der Waals surface area (Å²) in [4.78, 5) is 4.04. The normalized spacial score (nSPS) is 12.4. The Bertz CT molecular complexity index is 543. The third-order valence-corrected chi connectivity index (χ3v) is 2.62. The molecule has 0 amide bonds. The first-order valence-corrected chi connectivity index (χ1v) is 5.38. The van der Waals surface area contributed by atoms with Gasteiger partial charge in [-0.15, -0.1) is 0 Å². The van der Waals surface area contributed by atoms with Crippen LogP contribution in [0.4, 0.5) is 13.2 Å². The molecule has 94 valence electrons. The highest BCUT2D eigenvalue weighted by Gasteiger charge is 2.18. The van der Waals surface area contributed by atoms with Gasteiger partial charge in [-0.3, -0.25) is 4.98 Å². The van der Waals surface area contributed by atoms with Crippen LogP contribution in [0.5, 0.6) is 0 Å².